The van der Waals surface area contributed by atoms with Crippen LogP contribution in [0.4, 0.5) is 5.69 Å². The fourth-order valence-electron chi connectivity index (χ4n) is 1.95. The number of anilines is 1. The van der Waals surface area contributed by atoms with Gasteiger partial charge in [-0.15, -0.1) is 0 Å². The summed E-state index contributed by atoms with van der Waals surface area (Å²) in [6, 6.07) is 13.6. The van der Waals surface area contributed by atoms with Gasteiger partial charge in [0.2, 0.25) is 0 Å². The van der Waals surface area contributed by atoms with Crippen LogP contribution in [0.2, 0.25) is 0 Å². The van der Waals surface area contributed by atoms with Gasteiger partial charge in [0.05, 0.1) is 13.0 Å². The predicted octanol–water partition coefficient (Wildman–Crippen LogP) is 2.96. The fourth-order valence-corrected chi connectivity index (χ4v) is 1.95. The summed E-state index contributed by atoms with van der Waals surface area (Å²) < 4.78 is 5.32. The van der Waals surface area contributed by atoms with E-state index in [-0.39, 0.29) is 12.3 Å². The highest BCUT2D eigenvalue weighted by Gasteiger charge is 2.07. The average molecular weight is 299 g/mol. The Hall–Kier alpha value is -2.82. The van der Waals surface area contributed by atoms with E-state index in [4.69, 9.17) is 9.84 Å². The quantitative estimate of drug-likeness (QED) is 0.860. The number of carboxylic acids is 1. The second-order valence-corrected chi connectivity index (χ2v) is 4.68. The molecule has 2 aromatic rings. The van der Waals surface area contributed by atoms with E-state index in [0.29, 0.717) is 23.4 Å². The van der Waals surface area contributed by atoms with Gasteiger partial charge in [-0.05, 0) is 48.9 Å². The second-order valence-electron chi connectivity index (χ2n) is 4.68. The van der Waals surface area contributed by atoms with Crippen LogP contribution in [-0.2, 0) is 11.2 Å². The Labute approximate surface area is 128 Å². The largest absolute Gasteiger partial charge is 0.494 e. The number of aliphatic carboxylic acids is 1. The molecule has 0 fully saturated rings. The Balaban J connectivity index is 2.00. The van der Waals surface area contributed by atoms with Crippen molar-refractivity contribution >= 4 is 17.6 Å². The molecule has 0 bridgehead atoms. The number of ether oxygens (including phenoxy) is 1. The zero-order valence-corrected chi connectivity index (χ0v) is 12.2. The molecule has 1 amide bonds. The average Bonchev–Trinajstić information content (AvgIpc) is 2.50. The van der Waals surface area contributed by atoms with Crippen molar-refractivity contribution in [1.29, 1.82) is 0 Å². The number of amides is 1. The molecule has 0 radical (unpaired) electrons. The molecular formula is C17H17NO4. The Bertz CT molecular complexity index is 647. The first-order valence-electron chi connectivity index (χ1n) is 6.93. The van der Waals surface area contributed by atoms with E-state index in [0.717, 1.165) is 5.75 Å². The van der Waals surface area contributed by atoms with Crippen molar-refractivity contribution < 1.29 is 19.4 Å². The lowest BCUT2D eigenvalue weighted by atomic mass is 10.1. The fraction of sp³-hybridized carbons (Fsp3) is 0.176. The van der Waals surface area contributed by atoms with Crippen LogP contribution >= 0.6 is 0 Å². The van der Waals surface area contributed by atoms with Crippen molar-refractivity contribution in [1.82, 2.24) is 0 Å². The van der Waals surface area contributed by atoms with Gasteiger partial charge in [0.15, 0.2) is 0 Å². The molecular weight excluding hydrogens is 282 g/mol. The zero-order chi connectivity index (χ0) is 15.9. The number of hydrogen-bond acceptors (Lipinski definition) is 3. The number of hydrogen-bond donors (Lipinski definition) is 2. The Kier molecular flexibility index (Phi) is 5.14. The third kappa shape index (κ3) is 4.34. The zero-order valence-electron chi connectivity index (χ0n) is 12.2. The molecule has 5 nitrogen and oxygen atoms in total. The summed E-state index contributed by atoms with van der Waals surface area (Å²) >= 11 is 0. The van der Waals surface area contributed by atoms with Gasteiger partial charge in [-0.2, -0.15) is 0 Å². The lowest BCUT2D eigenvalue weighted by Crippen LogP contribution is -2.11. The molecule has 0 aliphatic heterocycles. The van der Waals surface area contributed by atoms with Crippen LogP contribution in [-0.4, -0.2) is 23.6 Å². The topological polar surface area (TPSA) is 75.6 Å². The van der Waals surface area contributed by atoms with Gasteiger partial charge in [-0.1, -0.05) is 12.1 Å². The highest BCUT2D eigenvalue weighted by Crippen LogP contribution is 2.15. The number of carboxylic acid groups (broad SMARTS) is 1. The molecule has 5 heteroatoms. The predicted molar refractivity (Wildman–Crippen MR) is 83.3 cm³/mol. The van der Waals surface area contributed by atoms with Crippen LogP contribution in [0.1, 0.15) is 22.8 Å². The summed E-state index contributed by atoms with van der Waals surface area (Å²) in [7, 11) is 0. The lowest BCUT2D eigenvalue weighted by Gasteiger charge is -2.07. The first-order chi connectivity index (χ1) is 10.6. The first-order valence-corrected chi connectivity index (χ1v) is 6.93. The molecule has 0 saturated carbocycles. The maximum absolute atomic E-state index is 12.1. The van der Waals surface area contributed by atoms with Gasteiger partial charge in [0.1, 0.15) is 5.75 Å². The summed E-state index contributed by atoms with van der Waals surface area (Å²) in [6.07, 6.45) is -0.0346. The highest BCUT2D eigenvalue weighted by molar-refractivity contribution is 6.04. The lowest BCUT2D eigenvalue weighted by molar-refractivity contribution is -0.136. The van der Waals surface area contributed by atoms with Gasteiger partial charge < -0.3 is 15.2 Å². The molecule has 0 aliphatic rings. The maximum Gasteiger partial charge on any atom is 0.307 e. The molecule has 0 atom stereocenters. The molecule has 0 saturated heterocycles. The molecule has 22 heavy (non-hydrogen) atoms. The van der Waals surface area contributed by atoms with Crippen LogP contribution in [0.3, 0.4) is 0 Å². The third-order valence-corrected chi connectivity index (χ3v) is 2.99. The SMILES string of the molecule is CCOc1ccc(C(=O)Nc2ccc(CC(=O)O)cc2)cc1. The normalized spacial score (nSPS) is 10.0. The van der Waals surface area contributed by atoms with E-state index in [9.17, 15) is 9.59 Å². The molecule has 2 N–H and O–H groups in total. The van der Waals surface area contributed by atoms with Crippen molar-refractivity contribution in [3.63, 3.8) is 0 Å². The number of benzene rings is 2. The van der Waals surface area contributed by atoms with Crippen LogP contribution < -0.4 is 10.1 Å². The summed E-state index contributed by atoms with van der Waals surface area (Å²) in [5.41, 5.74) is 1.83. The number of nitrogens with one attached hydrogen (secondary N) is 1. The van der Waals surface area contributed by atoms with Crippen LogP contribution in [0.25, 0.3) is 0 Å². The molecule has 0 heterocycles. The summed E-state index contributed by atoms with van der Waals surface area (Å²) in [4.78, 5) is 22.7. The van der Waals surface area contributed by atoms with Gasteiger partial charge in [-0.25, -0.2) is 0 Å². The van der Waals surface area contributed by atoms with Gasteiger partial charge in [-0.3, -0.25) is 9.59 Å². The van der Waals surface area contributed by atoms with Crippen molar-refractivity contribution in [2.75, 3.05) is 11.9 Å². The Morgan fingerprint density at radius 3 is 2.23 bits per heavy atom. The maximum atomic E-state index is 12.1. The van der Waals surface area contributed by atoms with Crippen molar-refractivity contribution in [3.05, 3.63) is 59.7 Å². The van der Waals surface area contributed by atoms with Gasteiger partial charge >= 0.3 is 5.97 Å². The standard InChI is InChI=1S/C17H17NO4/c1-2-22-15-9-5-13(6-10-15)17(21)18-14-7-3-12(4-8-14)11-16(19)20/h3-10H,2,11H2,1H3,(H,18,21)(H,19,20). The van der Waals surface area contributed by atoms with E-state index in [1.807, 2.05) is 6.92 Å². The molecule has 0 aliphatic carbocycles. The van der Waals surface area contributed by atoms with Crippen molar-refractivity contribution in [3.8, 4) is 5.75 Å². The van der Waals surface area contributed by atoms with Gasteiger partial charge in [0, 0.05) is 11.3 Å². The van der Waals surface area contributed by atoms with E-state index in [2.05, 4.69) is 5.32 Å². The molecule has 2 rings (SSSR count). The van der Waals surface area contributed by atoms with E-state index in [1.165, 1.54) is 0 Å². The molecule has 114 valence electrons. The van der Waals surface area contributed by atoms with E-state index < -0.39 is 5.97 Å². The summed E-state index contributed by atoms with van der Waals surface area (Å²) in [6.45, 7) is 2.48. The molecule has 0 unspecified atom stereocenters. The van der Waals surface area contributed by atoms with Gasteiger partial charge in [0.25, 0.3) is 5.91 Å². The van der Waals surface area contributed by atoms with Crippen molar-refractivity contribution in [2.45, 2.75) is 13.3 Å². The molecule has 0 aromatic heterocycles. The monoisotopic (exact) mass is 299 g/mol. The highest BCUT2D eigenvalue weighted by atomic mass is 16.5. The minimum absolute atomic E-state index is 0.0346. The minimum Gasteiger partial charge on any atom is -0.494 e. The number of carbonyl (C=O) groups is 2. The summed E-state index contributed by atoms with van der Waals surface area (Å²) in [5.74, 6) is -0.391. The van der Waals surface area contributed by atoms with Crippen molar-refractivity contribution in [2.24, 2.45) is 0 Å². The smallest absolute Gasteiger partial charge is 0.307 e. The molecule has 2 aromatic carbocycles. The Morgan fingerprint density at radius 1 is 1.05 bits per heavy atom. The minimum atomic E-state index is -0.883. The first kappa shape index (κ1) is 15.6. The van der Waals surface area contributed by atoms with Crippen LogP contribution in [0.5, 0.6) is 5.75 Å². The second kappa shape index (κ2) is 7.26. The molecule has 0 spiro atoms. The van der Waals surface area contributed by atoms with Crippen LogP contribution in [0, 0.1) is 0 Å². The van der Waals surface area contributed by atoms with Crippen LogP contribution in [0.15, 0.2) is 48.5 Å². The third-order valence-electron chi connectivity index (χ3n) is 2.99. The Morgan fingerprint density at radius 2 is 1.68 bits per heavy atom. The number of carbonyl (C=O) groups excluding carboxylic acids is 1. The van der Waals surface area contributed by atoms with E-state index in [1.54, 1.807) is 48.5 Å². The van der Waals surface area contributed by atoms with E-state index >= 15 is 0 Å². The summed E-state index contributed by atoms with van der Waals surface area (Å²) in [5, 5.41) is 11.5. The number of rotatable bonds is 6.